The molecule has 0 saturated carbocycles. The molecule has 166 valence electrons. The molecule has 0 unspecified atom stereocenters. The van der Waals surface area contributed by atoms with Crippen LogP contribution in [0.4, 0.5) is 0 Å². The van der Waals surface area contributed by atoms with E-state index in [-0.39, 0.29) is 36.3 Å². The molecule has 0 aliphatic heterocycles. The third kappa shape index (κ3) is 7.66. The molecule has 1 heterocycles. The summed E-state index contributed by atoms with van der Waals surface area (Å²) in [4.78, 5) is 4.97. The van der Waals surface area contributed by atoms with E-state index in [9.17, 15) is 8.42 Å². The number of aliphatic imine (C=N–C) groups is 1. The van der Waals surface area contributed by atoms with Crippen LogP contribution < -0.4 is 10.6 Å². The zero-order valence-electron chi connectivity index (χ0n) is 17.4. The zero-order chi connectivity index (χ0) is 21.2. The van der Waals surface area contributed by atoms with Gasteiger partial charge in [0.25, 0.3) is 0 Å². The fourth-order valence-corrected chi connectivity index (χ4v) is 4.17. The Morgan fingerprint density at radius 1 is 1.00 bits per heavy atom. The molecule has 1 aromatic heterocycles. The average Bonchev–Trinajstić information content (AvgIpc) is 3.26. The molecule has 3 aromatic rings. The summed E-state index contributed by atoms with van der Waals surface area (Å²) in [5.74, 6) is 0.590. The van der Waals surface area contributed by atoms with Gasteiger partial charge in [-0.25, -0.2) is 13.4 Å². The number of aromatic nitrogens is 2. The Morgan fingerprint density at radius 3 is 2.39 bits per heavy atom. The van der Waals surface area contributed by atoms with E-state index in [1.807, 2.05) is 42.1 Å². The molecule has 0 atom stereocenters. The monoisotopic (exact) mass is 553 g/mol. The summed E-state index contributed by atoms with van der Waals surface area (Å²) in [6, 6.07) is 18.5. The predicted molar refractivity (Wildman–Crippen MR) is 134 cm³/mol. The van der Waals surface area contributed by atoms with E-state index in [4.69, 9.17) is 0 Å². The zero-order valence-corrected chi connectivity index (χ0v) is 20.6. The van der Waals surface area contributed by atoms with Gasteiger partial charge in [-0.15, -0.1) is 24.0 Å². The quantitative estimate of drug-likeness (QED) is 0.242. The van der Waals surface area contributed by atoms with Gasteiger partial charge in [0.2, 0.25) is 0 Å². The van der Waals surface area contributed by atoms with Gasteiger partial charge in [0.1, 0.15) is 0 Å². The normalized spacial score (nSPS) is 11.6. The fraction of sp³-hybridized carbons (Fsp3) is 0.273. The molecule has 0 radical (unpaired) electrons. The van der Waals surface area contributed by atoms with Gasteiger partial charge in [-0.05, 0) is 36.2 Å². The number of halogens is 1. The number of rotatable bonds is 9. The SMILES string of the molecule is CCNC(=NCc1ccccc1Cn1cccn1)NCCS(=O)(=O)c1ccccc1.I. The van der Waals surface area contributed by atoms with Crippen molar-refractivity contribution in [3.8, 4) is 0 Å². The van der Waals surface area contributed by atoms with Gasteiger partial charge in [0, 0.05) is 25.5 Å². The molecular formula is C22H28IN5O2S. The minimum Gasteiger partial charge on any atom is -0.357 e. The Hall–Kier alpha value is -2.40. The lowest BCUT2D eigenvalue weighted by molar-refractivity contribution is 0.594. The molecular weight excluding hydrogens is 525 g/mol. The van der Waals surface area contributed by atoms with Gasteiger partial charge >= 0.3 is 0 Å². The molecule has 0 amide bonds. The smallest absolute Gasteiger partial charge is 0.191 e. The van der Waals surface area contributed by atoms with E-state index in [1.165, 1.54) is 0 Å². The van der Waals surface area contributed by atoms with Crippen LogP contribution in [-0.2, 0) is 22.9 Å². The highest BCUT2D eigenvalue weighted by Gasteiger charge is 2.13. The van der Waals surface area contributed by atoms with Crippen molar-refractivity contribution in [1.29, 1.82) is 0 Å². The Kier molecular flexibility index (Phi) is 9.99. The van der Waals surface area contributed by atoms with Crippen molar-refractivity contribution in [3.63, 3.8) is 0 Å². The molecule has 0 aliphatic rings. The topological polar surface area (TPSA) is 88.4 Å². The number of nitrogens with one attached hydrogen (secondary N) is 2. The fourth-order valence-electron chi connectivity index (χ4n) is 2.99. The van der Waals surface area contributed by atoms with Gasteiger partial charge in [-0.1, -0.05) is 42.5 Å². The number of sulfone groups is 1. The first-order valence-corrected chi connectivity index (χ1v) is 11.6. The molecule has 31 heavy (non-hydrogen) atoms. The van der Waals surface area contributed by atoms with Gasteiger partial charge in [-0.2, -0.15) is 5.10 Å². The van der Waals surface area contributed by atoms with Crippen LogP contribution in [0.2, 0.25) is 0 Å². The number of hydrogen-bond acceptors (Lipinski definition) is 4. The molecule has 2 aromatic carbocycles. The molecule has 0 bridgehead atoms. The highest BCUT2D eigenvalue weighted by atomic mass is 127. The van der Waals surface area contributed by atoms with Gasteiger partial charge in [-0.3, -0.25) is 4.68 Å². The third-order valence-electron chi connectivity index (χ3n) is 4.53. The highest BCUT2D eigenvalue weighted by Crippen LogP contribution is 2.12. The van der Waals surface area contributed by atoms with Crippen molar-refractivity contribution >= 4 is 39.8 Å². The van der Waals surface area contributed by atoms with Crippen LogP contribution in [0.15, 0.2) is 82.9 Å². The molecule has 0 saturated heterocycles. The van der Waals surface area contributed by atoms with E-state index >= 15 is 0 Å². The van der Waals surface area contributed by atoms with Gasteiger partial charge in [0.15, 0.2) is 15.8 Å². The molecule has 0 aliphatic carbocycles. The standard InChI is InChI=1S/C22H27N5O2S.HI/c1-2-23-22(24-14-16-30(28,29)21-11-4-3-5-12-21)25-17-19-9-6-7-10-20(19)18-27-15-8-13-26-27;/h3-13,15H,2,14,16-18H2,1H3,(H2,23,24,25);1H. The molecule has 0 spiro atoms. The molecule has 3 rings (SSSR count). The molecule has 9 heteroatoms. The first kappa shape index (κ1) is 24.9. The maximum atomic E-state index is 12.4. The van der Waals surface area contributed by atoms with Crippen molar-refractivity contribution < 1.29 is 8.42 Å². The Bertz CT molecular complexity index is 1050. The van der Waals surface area contributed by atoms with Crippen molar-refractivity contribution in [2.24, 2.45) is 4.99 Å². The average molecular weight is 553 g/mol. The first-order chi connectivity index (χ1) is 14.6. The largest absolute Gasteiger partial charge is 0.357 e. The van der Waals surface area contributed by atoms with Crippen molar-refractivity contribution in [2.45, 2.75) is 24.9 Å². The summed E-state index contributed by atoms with van der Waals surface area (Å²) in [5.41, 5.74) is 2.24. The van der Waals surface area contributed by atoms with Crippen molar-refractivity contribution in [2.75, 3.05) is 18.8 Å². The lowest BCUT2D eigenvalue weighted by Gasteiger charge is -2.13. The molecule has 7 nitrogen and oxygen atoms in total. The Morgan fingerprint density at radius 2 is 1.71 bits per heavy atom. The van der Waals surface area contributed by atoms with E-state index in [0.717, 1.165) is 11.1 Å². The van der Waals surface area contributed by atoms with Crippen LogP contribution in [0.25, 0.3) is 0 Å². The minimum atomic E-state index is -3.33. The number of hydrogen-bond donors (Lipinski definition) is 2. The van der Waals surface area contributed by atoms with Crippen LogP contribution in [-0.4, -0.2) is 43.0 Å². The van der Waals surface area contributed by atoms with Crippen LogP contribution >= 0.6 is 24.0 Å². The summed E-state index contributed by atoms with van der Waals surface area (Å²) in [5, 5.41) is 10.6. The lowest BCUT2D eigenvalue weighted by Crippen LogP contribution is -2.39. The van der Waals surface area contributed by atoms with Crippen LogP contribution in [0.5, 0.6) is 0 Å². The van der Waals surface area contributed by atoms with E-state index in [0.29, 0.717) is 30.5 Å². The molecule has 2 N–H and O–H groups in total. The first-order valence-electron chi connectivity index (χ1n) is 9.92. The number of benzene rings is 2. The minimum absolute atomic E-state index is 0. The van der Waals surface area contributed by atoms with E-state index in [2.05, 4.69) is 26.8 Å². The second-order valence-electron chi connectivity index (χ2n) is 6.73. The summed E-state index contributed by atoms with van der Waals surface area (Å²) < 4.78 is 26.8. The summed E-state index contributed by atoms with van der Waals surface area (Å²) >= 11 is 0. The predicted octanol–water partition coefficient (Wildman–Crippen LogP) is 3.08. The second kappa shape index (κ2) is 12.5. The molecule has 0 fully saturated rings. The number of nitrogens with zero attached hydrogens (tertiary/aromatic N) is 3. The van der Waals surface area contributed by atoms with E-state index in [1.54, 1.807) is 36.5 Å². The maximum absolute atomic E-state index is 12.4. The van der Waals surface area contributed by atoms with Crippen molar-refractivity contribution in [1.82, 2.24) is 20.4 Å². The van der Waals surface area contributed by atoms with Gasteiger partial charge < -0.3 is 10.6 Å². The highest BCUT2D eigenvalue weighted by molar-refractivity contribution is 14.0. The summed E-state index contributed by atoms with van der Waals surface area (Å²) in [7, 11) is -3.33. The maximum Gasteiger partial charge on any atom is 0.191 e. The lowest BCUT2D eigenvalue weighted by atomic mass is 10.1. The van der Waals surface area contributed by atoms with Crippen LogP contribution in [0, 0.1) is 0 Å². The number of guanidine groups is 1. The van der Waals surface area contributed by atoms with Gasteiger partial charge in [0.05, 0.1) is 23.7 Å². The summed E-state index contributed by atoms with van der Waals surface area (Å²) in [6.07, 6.45) is 3.69. The van der Waals surface area contributed by atoms with Crippen LogP contribution in [0.3, 0.4) is 0 Å². The Balaban J connectivity index is 0.00000341. The third-order valence-corrected chi connectivity index (χ3v) is 6.26. The summed E-state index contributed by atoms with van der Waals surface area (Å²) in [6.45, 7) is 4.10. The Labute approximate surface area is 200 Å². The van der Waals surface area contributed by atoms with Crippen LogP contribution in [0.1, 0.15) is 18.1 Å². The van der Waals surface area contributed by atoms with E-state index < -0.39 is 9.84 Å². The van der Waals surface area contributed by atoms with Crippen molar-refractivity contribution in [3.05, 3.63) is 84.2 Å². The second-order valence-corrected chi connectivity index (χ2v) is 8.84.